The second kappa shape index (κ2) is 7.66. The van der Waals surface area contributed by atoms with Crippen LogP contribution in [0.1, 0.15) is 33.4 Å². The topological polar surface area (TPSA) is 107 Å². The lowest BCUT2D eigenvalue weighted by molar-refractivity contribution is 0.0921. The number of anilines is 1. The number of hydrogen-bond acceptors (Lipinski definition) is 8. The lowest BCUT2D eigenvalue weighted by atomic mass is 10.4. The van der Waals surface area contributed by atoms with Gasteiger partial charge in [0.1, 0.15) is 5.76 Å². The zero-order chi connectivity index (χ0) is 17.8. The quantitative estimate of drug-likeness (QED) is 0.504. The maximum atomic E-state index is 12.1. The van der Waals surface area contributed by atoms with Gasteiger partial charge < -0.3 is 15.5 Å². The Morgan fingerprint density at radius 1 is 1.28 bits per heavy atom. The number of aryl methyl sites for hydroxylation is 2. The van der Waals surface area contributed by atoms with Crippen LogP contribution in [0, 0.1) is 13.8 Å². The number of amides is 1. The van der Waals surface area contributed by atoms with E-state index in [1.807, 2.05) is 25.3 Å². The molecule has 0 radical (unpaired) electrons. The van der Waals surface area contributed by atoms with Crippen LogP contribution in [0.2, 0.25) is 0 Å². The molecule has 0 bridgehead atoms. The highest BCUT2D eigenvalue weighted by Crippen LogP contribution is 2.21. The molecule has 3 N–H and O–H groups in total. The third-order valence-corrected chi connectivity index (χ3v) is 4.78. The van der Waals surface area contributed by atoms with Crippen molar-refractivity contribution in [3.8, 4) is 0 Å². The number of rotatable bonds is 6. The Hall–Kier alpha value is -2.39. The fourth-order valence-electron chi connectivity index (χ4n) is 2.13. The summed E-state index contributed by atoms with van der Waals surface area (Å²) in [7, 11) is 0. The van der Waals surface area contributed by atoms with E-state index in [0.29, 0.717) is 28.3 Å². The average molecular weight is 375 g/mol. The van der Waals surface area contributed by atoms with Crippen LogP contribution in [0.25, 0.3) is 0 Å². The number of thiazole rings is 1. The molecule has 3 heterocycles. The van der Waals surface area contributed by atoms with E-state index in [0.717, 1.165) is 17.1 Å². The second-order valence-electron chi connectivity index (χ2n) is 5.35. The zero-order valence-electron chi connectivity index (χ0n) is 13.8. The van der Waals surface area contributed by atoms with E-state index in [4.69, 9.17) is 10.2 Å². The highest BCUT2D eigenvalue weighted by molar-refractivity contribution is 7.98. The molecule has 0 fully saturated rings. The molecule has 0 unspecified atom stereocenters. The SMILES string of the molecule is Cc1cc(C)nc(SCc2ccc(C(=O)NCc3csc(N)n3)o2)n1. The van der Waals surface area contributed by atoms with Crippen LogP contribution in [0.4, 0.5) is 5.13 Å². The van der Waals surface area contributed by atoms with Crippen molar-refractivity contribution >= 4 is 34.1 Å². The molecule has 0 aliphatic heterocycles. The van der Waals surface area contributed by atoms with Crippen LogP contribution < -0.4 is 11.1 Å². The van der Waals surface area contributed by atoms with Gasteiger partial charge in [-0.15, -0.1) is 11.3 Å². The Kier molecular flexibility index (Phi) is 5.34. The van der Waals surface area contributed by atoms with Crippen molar-refractivity contribution < 1.29 is 9.21 Å². The standard InChI is InChI=1S/C16H17N5O2S2/c1-9-5-10(2)20-16(19-9)25-8-12-3-4-13(23-12)14(22)18-6-11-7-24-15(17)21-11/h3-5,7H,6,8H2,1-2H3,(H2,17,21)(H,18,22). The number of hydrogen-bond donors (Lipinski definition) is 2. The van der Waals surface area contributed by atoms with Crippen LogP contribution in [-0.2, 0) is 12.3 Å². The smallest absolute Gasteiger partial charge is 0.287 e. The third kappa shape index (κ3) is 4.80. The molecule has 25 heavy (non-hydrogen) atoms. The van der Waals surface area contributed by atoms with Crippen LogP contribution in [0.3, 0.4) is 0 Å². The summed E-state index contributed by atoms with van der Waals surface area (Å²) in [6.07, 6.45) is 0. The fourth-order valence-corrected chi connectivity index (χ4v) is 3.54. The maximum Gasteiger partial charge on any atom is 0.287 e. The Labute approximate surface area is 153 Å². The minimum Gasteiger partial charge on any atom is -0.455 e. The first kappa shape index (κ1) is 17.4. The first-order chi connectivity index (χ1) is 12.0. The van der Waals surface area contributed by atoms with Gasteiger partial charge in [0.05, 0.1) is 18.0 Å². The summed E-state index contributed by atoms with van der Waals surface area (Å²) in [5.74, 6) is 1.22. The number of nitrogens with two attached hydrogens (primary N) is 1. The average Bonchev–Trinajstić information content (AvgIpc) is 3.19. The molecule has 0 atom stereocenters. The Balaban J connectivity index is 1.55. The largest absolute Gasteiger partial charge is 0.455 e. The van der Waals surface area contributed by atoms with Gasteiger partial charge in [0.15, 0.2) is 16.0 Å². The van der Waals surface area contributed by atoms with Gasteiger partial charge in [-0.2, -0.15) is 0 Å². The molecule has 7 nitrogen and oxygen atoms in total. The number of nitrogens with one attached hydrogen (secondary N) is 1. The minimum atomic E-state index is -0.287. The first-order valence-electron chi connectivity index (χ1n) is 7.51. The molecule has 0 spiro atoms. The number of nitrogen functional groups attached to an aromatic ring is 1. The molecule has 3 aromatic heterocycles. The monoisotopic (exact) mass is 375 g/mol. The third-order valence-electron chi connectivity index (χ3n) is 3.19. The summed E-state index contributed by atoms with van der Waals surface area (Å²) in [6.45, 7) is 4.18. The molecular formula is C16H17N5O2S2. The molecule has 1 amide bonds. The summed E-state index contributed by atoms with van der Waals surface area (Å²) in [4.78, 5) is 24.9. The Morgan fingerprint density at radius 2 is 2.04 bits per heavy atom. The molecular weight excluding hydrogens is 358 g/mol. The van der Waals surface area contributed by atoms with Crippen molar-refractivity contribution in [3.63, 3.8) is 0 Å². The van der Waals surface area contributed by atoms with Crippen LogP contribution >= 0.6 is 23.1 Å². The lowest BCUT2D eigenvalue weighted by Crippen LogP contribution is -2.22. The summed E-state index contributed by atoms with van der Waals surface area (Å²) in [6, 6.07) is 5.36. The van der Waals surface area contributed by atoms with E-state index in [1.54, 1.807) is 12.1 Å². The normalized spacial score (nSPS) is 10.8. The van der Waals surface area contributed by atoms with Gasteiger partial charge in [0, 0.05) is 16.8 Å². The number of nitrogens with zero attached hydrogens (tertiary/aromatic N) is 3. The summed E-state index contributed by atoms with van der Waals surface area (Å²) in [5, 5.41) is 5.74. The summed E-state index contributed by atoms with van der Waals surface area (Å²) in [5.41, 5.74) is 8.15. The van der Waals surface area contributed by atoms with Crippen molar-refractivity contribution in [1.29, 1.82) is 0 Å². The molecule has 130 valence electrons. The van der Waals surface area contributed by atoms with Gasteiger partial charge in [-0.1, -0.05) is 11.8 Å². The van der Waals surface area contributed by atoms with Gasteiger partial charge in [0.25, 0.3) is 5.91 Å². The van der Waals surface area contributed by atoms with Crippen molar-refractivity contribution in [1.82, 2.24) is 20.3 Å². The highest BCUT2D eigenvalue weighted by atomic mass is 32.2. The molecule has 3 rings (SSSR count). The Bertz CT molecular complexity index is 870. The molecule has 9 heteroatoms. The van der Waals surface area contributed by atoms with Crippen LogP contribution in [0.5, 0.6) is 0 Å². The van der Waals surface area contributed by atoms with E-state index in [2.05, 4.69) is 20.3 Å². The summed E-state index contributed by atoms with van der Waals surface area (Å²) < 4.78 is 5.59. The maximum absolute atomic E-state index is 12.1. The predicted octanol–water partition coefficient (Wildman–Crippen LogP) is 2.95. The van der Waals surface area contributed by atoms with Gasteiger partial charge in [-0.05, 0) is 32.0 Å². The van der Waals surface area contributed by atoms with Crippen LogP contribution in [0.15, 0.2) is 33.2 Å². The van der Waals surface area contributed by atoms with Crippen molar-refractivity contribution in [2.75, 3.05) is 5.73 Å². The number of carbonyl (C=O) groups is 1. The second-order valence-corrected chi connectivity index (χ2v) is 7.18. The fraction of sp³-hybridized carbons (Fsp3) is 0.250. The number of thioether (sulfide) groups is 1. The van der Waals surface area contributed by atoms with E-state index in [1.165, 1.54) is 23.1 Å². The molecule has 0 aliphatic rings. The Morgan fingerprint density at radius 3 is 2.72 bits per heavy atom. The number of carbonyl (C=O) groups excluding carboxylic acids is 1. The molecule has 0 saturated heterocycles. The number of furan rings is 1. The van der Waals surface area contributed by atoms with E-state index < -0.39 is 0 Å². The van der Waals surface area contributed by atoms with Gasteiger partial charge in [-0.3, -0.25) is 4.79 Å². The van der Waals surface area contributed by atoms with Crippen molar-refractivity contribution in [2.24, 2.45) is 0 Å². The van der Waals surface area contributed by atoms with Crippen LogP contribution in [-0.4, -0.2) is 20.9 Å². The van der Waals surface area contributed by atoms with Crippen molar-refractivity contribution in [3.05, 3.63) is 52.2 Å². The van der Waals surface area contributed by atoms with E-state index >= 15 is 0 Å². The minimum absolute atomic E-state index is 0.264. The van der Waals surface area contributed by atoms with Gasteiger partial charge >= 0.3 is 0 Å². The van der Waals surface area contributed by atoms with Crippen molar-refractivity contribution in [2.45, 2.75) is 31.3 Å². The zero-order valence-corrected chi connectivity index (χ0v) is 15.4. The molecule has 0 aromatic carbocycles. The highest BCUT2D eigenvalue weighted by Gasteiger charge is 2.12. The van der Waals surface area contributed by atoms with E-state index in [-0.39, 0.29) is 11.7 Å². The molecule has 3 aromatic rings. The number of aromatic nitrogens is 3. The molecule has 0 saturated carbocycles. The van der Waals surface area contributed by atoms with Gasteiger partial charge in [-0.25, -0.2) is 15.0 Å². The first-order valence-corrected chi connectivity index (χ1v) is 9.38. The lowest BCUT2D eigenvalue weighted by Gasteiger charge is -2.02. The van der Waals surface area contributed by atoms with E-state index in [9.17, 15) is 4.79 Å². The predicted molar refractivity (Wildman–Crippen MR) is 97.5 cm³/mol. The molecule has 0 aliphatic carbocycles. The summed E-state index contributed by atoms with van der Waals surface area (Å²) >= 11 is 2.81. The van der Waals surface area contributed by atoms with Gasteiger partial charge in [0.2, 0.25) is 0 Å².